The molecule has 0 amide bonds. The topological polar surface area (TPSA) is 55.8 Å². The number of hydrogen-bond donors (Lipinski definition) is 0. The molecule has 0 heterocycles. The molecule has 0 fully saturated rings. The lowest BCUT2D eigenvalue weighted by atomic mass is 10.1. The third-order valence-electron chi connectivity index (χ3n) is 3.56. The maximum Gasteiger partial charge on any atom is 0.320 e. The monoisotopic (exact) mass is 321 g/mol. The van der Waals surface area contributed by atoms with Crippen LogP contribution in [0.4, 0.5) is 0 Å². The Balaban J connectivity index is 2.65. The highest BCUT2D eigenvalue weighted by molar-refractivity contribution is 5.71. The van der Waals surface area contributed by atoms with Gasteiger partial charge in [0.25, 0.3) is 0 Å². The SMILES string of the molecule is CCOC(=O)CCC(C)N(CC(=O)OCC)Cc1ccccc1. The second-order valence-corrected chi connectivity index (χ2v) is 5.39. The molecule has 23 heavy (non-hydrogen) atoms. The van der Waals surface area contributed by atoms with E-state index in [2.05, 4.69) is 0 Å². The van der Waals surface area contributed by atoms with Crippen LogP contribution >= 0.6 is 0 Å². The largest absolute Gasteiger partial charge is 0.466 e. The van der Waals surface area contributed by atoms with E-state index >= 15 is 0 Å². The zero-order valence-electron chi connectivity index (χ0n) is 14.3. The zero-order chi connectivity index (χ0) is 17.1. The number of ether oxygens (including phenoxy) is 2. The van der Waals surface area contributed by atoms with Gasteiger partial charge in [-0.3, -0.25) is 14.5 Å². The van der Waals surface area contributed by atoms with E-state index in [9.17, 15) is 9.59 Å². The Kier molecular flexibility index (Phi) is 8.98. The van der Waals surface area contributed by atoms with Crippen molar-refractivity contribution >= 4 is 11.9 Å². The lowest BCUT2D eigenvalue weighted by molar-refractivity contribution is -0.145. The van der Waals surface area contributed by atoms with Gasteiger partial charge in [-0.1, -0.05) is 30.3 Å². The van der Waals surface area contributed by atoms with Gasteiger partial charge in [0.15, 0.2) is 0 Å². The molecule has 0 radical (unpaired) electrons. The van der Waals surface area contributed by atoms with Crippen LogP contribution in [0.5, 0.6) is 0 Å². The molecule has 1 unspecified atom stereocenters. The van der Waals surface area contributed by atoms with Gasteiger partial charge in [0, 0.05) is 19.0 Å². The molecule has 0 bridgehead atoms. The van der Waals surface area contributed by atoms with E-state index in [4.69, 9.17) is 9.47 Å². The van der Waals surface area contributed by atoms with E-state index in [1.165, 1.54) is 0 Å². The van der Waals surface area contributed by atoms with Gasteiger partial charge in [-0.2, -0.15) is 0 Å². The number of carbonyl (C=O) groups excluding carboxylic acids is 2. The van der Waals surface area contributed by atoms with Crippen LogP contribution in [-0.2, 0) is 25.6 Å². The second-order valence-electron chi connectivity index (χ2n) is 5.39. The molecule has 1 rings (SSSR count). The molecule has 1 aromatic rings. The quantitative estimate of drug-likeness (QED) is 0.620. The average Bonchev–Trinajstić information content (AvgIpc) is 2.53. The minimum atomic E-state index is -0.244. The van der Waals surface area contributed by atoms with Crippen molar-refractivity contribution in [3.8, 4) is 0 Å². The highest BCUT2D eigenvalue weighted by Gasteiger charge is 2.19. The van der Waals surface area contributed by atoms with Crippen LogP contribution in [0, 0.1) is 0 Å². The minimum absolute atomic E-state index is 0.0732. The molecule has 0 saturated carbocycles. The van der Waals surface area contributed by atoms with E-state index in [0.29, 0.717) is 32.6 Å². The average molecular weight is 321 g/mol. The van der Waals surface area contributed by atoms with E-state index in [-0.39, 0.29) is 24.5 Å². The molecule has 0 spiro atoms. The molecule has 5 heteroatoms. The maximum atomic E-state index is 11.8. The van der Waals surface area contributed by atoms with E-state index in [0.717, 1.165) is 5.56 Å². The summed E-state index contributed by atoms with van der Waals surface area (Å²) in [4.78, 5) is 25.4. The van der Waals surface area contributed by atoms with Gasteiger partial charge in [-0.15, -0.1) is 0 Å². The normalized spacial score (nSPS) is 12.0. The molecular formula is C18H27NO4. The summed E-state index contributed by atoms with van der Waals surface area (Å²) < 4.78 is 10.0. The van der Waals surface area contributed by atoms with E-state index < -0.39 is 0 Å². The fourth-order valence-electron chi connectivity index (χ4n) is 2.30. The van der Waals surface area contributed by atoms with Crippen molar-refractivity contribution in [2.75, 3.05) is 19.8 Å². The van der Waals surface area contributed by atoms with Crippen LogP contribution in [0.2, 0.25) is 0 Å². The molecule has 5 nitrogen and oxygen atoms in total. The van der Waals surface area contributed by atoms with Crippen molar-refractivity contribution in [1.82, 2.24) is 4.90 Å². The Morgan fingerprint density at radius 2 is 1.65 bits per heavy atom. The lowest BCUT2D eigenvalue weighted by Crippen LogP contribution is -2.38. The molecule has 128 valence electrons. The molecule has 0 aromatic heterocycles. The smallest absolute Gasteiger partial charge is 0.320 e. The standard InChI is InChI=1S/C18H27NO4/c1-4-22-17(20)12-11-15(3)19(14-18(21)23-5-2)13-16-9-7-6-8-10-16/h6-10,15H,4-5,11-14H2,1-3H3. The molecule has 1 aromatic carbocycles. The van der Waals surface area contributed by atoms with Gasteiger partial charge in [0.1, 0.15) is 0 Å². The van der Waals surface area contributed by atoms with Crippen LogP contribution in [0.15, 0.2) is 30.3 Å². The van der Waals surface area contributed by atoms with Crippen molar-refractivity contribution in [1.29, 1.82) is 0 Å². The predicted octanol–water partition coefficient (Wildman–Crippen LogP) is 2.78. The molecule has 0 saturated heterocycles. The second kappa shape index (κ2) is 10.8. The molecule has 1 atom stereocenters. The lowest BCUT2D eigenvalue weighted by Gasteiger charge is -2.28. The van der Waals surface area contributed by atoms with Gasteiger partial charge in [-0.25, -0.2) is 0 Å². The first kappa shape index (κ1) is 19.2. The third-order valence-corrected chi connectivity index (χ3v) is 3.56. The van der Waals surface area contributed by atoms with Gasteiger partial charge in [0.2, 0.25) is 0 Å². The van der Waals surface area contributed by atoms with Crippen LogP contribution in [0.3, 0.4) is 0 Å². The fraction of sp³-hybridized carbons (Fsp3) is 0.556. The van der Waals surface area contributed by atoms with Crippen molar-refractivity contribution in [3.63, 3.8) is 0 Å². The first-order chi connectivity index (χ1) is 11.1. The van der Waals surface area contributed by atoms with Gasteiger partial charge >= 0.3 is 11.9 Å². The summed E-state index contributed by atoms with van der Waals surface area (Å²) >= 11 is 0. The Bertz CT molecular complexity index is 475. The van der Waals surface area contributed by atoms with Gasteiger partial charge in [-0.05, 0) is 32.8 Å². The third kappa shape index (κ3) is 7.79. The summed E-state index contributed by atoms with van der Waals surface area (Å²) in [7, 11) is 0. The van der Waals surface area contributed by atoms with Crippen molar-refractivity contribution in [2.45, 2.75) is 46.2 Å². The number of benzene rings is 1. The Labute approximate surface area is 138 Å². The number of hydrogen-bond acceptors (Lipinski definition) is 5. The molecule has 0 aliphatic rings. The number of nitrogens with zero attached hydrogens (tertiary/aromatic N) is 1. The molecular weight excluding hydrogens is 294 g/mol. The van der Waals surface area contributed by atoms with Crippen molar-refractivity contribution in [2.24, 2.45) is 0 Å². The molecule has 0 aliphatic heterocycles. The van der Waals surface area contributed by atoms with E-state index in [1.54, 1.807) is 13.8 Å². The minimum Gasteiger partial charge on any atom is -0.466 e. The Morgan fingerprint density at radius 1 is 1.04 bits per heavy atom. The fourth-order valence-corrected chi connectivity index (χ4v) is 2.30. The van der Waals surface area contributed by atoms with Crippen LogP contribution in [0.25, 0.3) is 0 Å². The summed E-state index contributed by atoms with van der Waals surface area (Å²) in [6, 6.07) is 10.0. The predicted molar refractivity (Wildman–Crippen MR) is 88.8 cm³/mol. The Morgan fingerprint density at radius 3 is 2.26 bits per heavy atom. The van der Waals surface area contributed by atoms with Gasteiger partial charge < -0.3 is 9.47 Å². The highest BCUT2D eigenvalue weighted by atomic mass is 16.5. The van der Waals surface area contributed by atoms with E-state index in [1.807, 2.05) is 42.2 Å². The number of esters is 2. The van der Waals surface area contributed by atoms with Crippen LogP contribution < -0.4 is 0 Å². The first-order valence-corrected chi connectivity index (χ1v) is 8.16. The number of carbonyl (C=O) groups is 2. The maximum absolute atomic E-state index is 11.8. The molecule has 0 N–H and O–H groups in total. The summed E-state index contributed by atoms with van der Waals surface area (Å²) in [5.41, 5.74) is 1.12. The summed E-state index contributed by atoms with van der Waals surface area (Å²) in [6.07, 6.45) is 0.994. The van der Waals surface area contributed by atoms with Crippen LogP contribution in [0.1, 0.15) is 39.2 Å². The van der Waals surface area contributed by atoms with Gasteiger partial charge in [0.05, 0.1) is 19.8 Å². The Hall–Kier alpha value is -1.88. The summed E-state index contributed by atoms with van der Waals surface area (Å²) in [5, 5.41) is 0. The van der Waals surface area contributed by atoms with Crippen LogP contribution in [-0.4, -0.2) is 42.6 Å². The zero-order valence-corrected chi connectivity index (χ0v) is 14.3. The van der Waals surface area contributed by atoms with Crippen molar-refractivity contribution < 1.29 is 19.1 Å². The first-order valence-electron chi connectivity index (χ1n) is 8.16. The summed E-state index contributed by atoms with van der Waals surface area (Å²) in [5.74, 6) is -0.443. The van der Waals surface area contributed by atoms with Crippen molar-refractivity contribution in [3.05, 3.63) is 35.9 Å². The molecule has 0 aliphatic carbocycles. The number of rotatable bonds is 10. The highest BCUT2D eigenvalue weighted by Crippen LogP contribution is 2.13. The summed E-state index contributed by atoms with van der Waals surface area (Å²) in [6.45, 7) is 7.23.